The van der Waals surface area contributed by atoms with Crippen molar-refractivity contribution in [2.75, 3.05) is 13.1 Å². The van der Waals surface area contributed by atoms with Gasteiger partial charge < -0.3 is 15.4 Å². The third-order valence-corrected chi connectivity index (χ3v) is 4.51. The number of rotatable bonds is 7. The number of ether oxygens (including phenoxy) is 1. The summed E-state index contributed by atoms with van der Waals surface area (Å²) in [5.74, 6) is 2.10. The van der Waals surface area contributed by atoms with Crippen LogP contribution in [0.4, 0.5) is 0 Å². The summed E-state index contributed by atoms with van der Waals surface area (Å²) in [6.45, 7) is 8.91. The summed E-state index contributed by atoms with van der Waals surface area (Å²) in [6.07, 6.45) is 3.10. The van der Waals surface area contributed by atoms with Crippen LogP contribution in [0.25, 0.3) is 0 Å². The van der Waals surface area contributed by atoms with E-state index in [9.17, 15) is 4.79 Å². The number of hydrogen-bond acceptors (Lipinski definition) is 3. The average molecular weight is 318 g/mol. The molecule has 1 fully saturated rings. The van der Waals surface area contributed by atoms with Crippen molar-refractivity contribution in [1.82, 2.24) is 10.6 Å². The second-order valence-corrected chi connectivity index (χ2v) is 6.82. The molecule has 0 aliphatic carbocycles. The van der Waals surface area contributed by atoms with Crippen LogP contribution in [0, 0.1) is 11.8 Å². The van der Waals surface area contributed by atoms with Gasteiger partial charge >= 0.3 is 0 Å². The van der Waals surface area contributed by atoms with Crippen molar-refractivity contribution in [2.24, 2.45) is 11.8 Å². The van der Waals surface area contributed by atoms with Crippen molar-refractivity contribution in [2.45, 2.75) is 52.7 Å². The molecule has 1 aliphatic rings. The number of piperidine rings is 1. The van der Waals surface area contributed by atoms with Crippen molar-refractivity contribution < 1.29 is 9.53 Å². The number of para-hydroxylation sites is 1. The molecule has 0 spiro atoms. The molecule has 0 bridgehead atoms. The minimum Gasteiger partial charge on any atom is -0.491 e. The number of carbonyl (C=O) groups excluding carboxylic acids is 1. The number of hydrogen-bond donors (Lipinski definition) is 2. The Morgan fingerprint density at radius 1 is 1.26 bits per heavy atom. The van der Waals surface area contributed by atoms with Crippen LogP contribution in [0.3, 0.4) is 0 Å². The molecule has 4 heteroatoms. The lowest BCUT2D eigenvalue weighted by molar-refractivity contribution is -0.122. The molecule has 2 N–H and O–H groups in total. The van der Waals surface area contributed by atoms with Crippen molar-refractivity contribution in [3.05, 3.63) is 29.8 Å². The summed E-state index contributed by atoms with van der Waals surface area (Å²) >= 11 is 0. The third-order valence-electron chi connectivity index (χ3n) is 4.51. The highest BCUT2D eigenvalue weighted by Crippen LogP contribution is 2.24. The standard InChI is InChI=1S/C19H30N2O2/c1-14(2)23-18-7-5-4-6-17(18)13-21-19(22)12-15(3)16-8-10-20-11-9-16/h4-7,14-16,20H,8-13H2,1-3H3,(H,21,22). The summed E-state index contributed by atoms with van der Waals surface area (Å²) < 4.78 is 5.80. The van der Waals surface area contributed by atoms with Crippen molar-refractivity contribution in [1.29, 1.82) is 0 Å². The Morgan fingerprint density at radius 2 is 1.96 bits per heavy atom. The molecule has 4 nitrogen and oxygen atoms in total. The monoisotopic (exact) mass is 318 g/mol. The Morgan fingerprint density at radius 3 is 2.65 bits per heavy atom. The molecule has 23 heavy (non-hydrogen) atoms. The molecule has 2 rings (SSSR count). The predicted molar refractivity (Wildman–Crippen MR) is 93.4 cm³/mol. The maximum absolute atomic E-state index is 12.2. The van der Waals surface area contributed by atoms with Gasteiger partial charge in [-0.25, -0.2) is 0 Å². The summed E-state index contributed by atoms with van der Waals surface area (Å²) in [4.78, 5) is 12.2. The van der Waals surface area contributed by atoms with Gasteiger partial charge in [-0.3, -0.25) is 4.79 Å². The molecule has 1 unspecified atom stereocenters. The molecule has 1 aliphatic heterocycles. The molecule has 0 radical (unpaired) electrons. The molecule has 128 valence electrons. The van der Waals surface area contributed by atoms with E-state index < -0.39 is 0 Å². The summed E-state index contributed by atoms with van der Waals surface area (Å²) in [5, 5.41) is 6.42. The van der Waals surface area contributed by atoms with Gasteiger partial charge in [0.15, 0.2) is 0 Å². The first kappa shape index (κ1) is 17.8. The summed E-state index contributed by atoms with van der Waals surface area (Å²) in [6, 6.07) is 7.90. The van der Waals surface area contributed by atoms with Crippen molar-refractivity contribution in [3.63, 3.8) is 0 Å². The molecule has 1 aromatic carbocycles. The van der Waals surface area contributed by atoms with Crippen molar-refractivity contribution in [3.8, 4) is 5.75 Å². The van der Waals surface area contributed by atoms with E-state index in [4.69, 9.17) is 4.74 Å². The van der Waals surface area contributed by atoms with Gasteiger partial charge in [0.05, 0.1) is 6.10 Å². The first-order chi connectivity index (χ1) is 11.1. The SMILES string of the molecule is CC(C)Oc1ccccc1CNC(=O)CC(C)C1CCNCC1. The Balaban J connectivity index is 1.82. The van der Waals surface area contributed by atoms with Gasteiger partial charge in [-0.15, -0.1) is 0 Å². The highest BCUT2D eigenvalue weighted by atomic mass is 16.5. The Labute approximate surface area is 140 Å². The molecule has 0 aromatic heterocycles. The summed E-state index contributed by atoms with van der Waals surface area (Å²) in [7, 11) is 0. The zero-order valence-corrected chi connectivity index (χ0v) is 14.6. The maximum atomic E-state index is 12.2. The van der Waals surface area contributed by atoms with E-state index in [0.29, 0.717) is 24.8 Å². The lowest BCUT2D eigenvalue weighted by Crippen LogP contribution is -2.33. The smallest absolute Gasteiger partial charge is 0.220 e. The predicted octanol–water partition coefficient (Wildman–Crippen LogP) is 3.12. The minimum absolute atomic E-state index is 0.131. The van der Waals surface area contributed by atoms with Crippen LogP contribution in [0.1, 0.15) is 45.6 Å². The first-order valence-electron chi connectivity index (χ1n) is 8.78. The second kappa shape index (κ2) is 8.92. The van der Waals surface area contributed by atoms with Gasteiger partial charge in [0.1, 0.15) is 5.75 Å². The average Bonchev–Trinajstić information content (AvgIpc) is 2.54. The number of benzene rings is 1. The van der Waals surface area contributed by atoms with E-state index in [2.05, 4.69) is 17.6 Å². The van der Waals surface area contributed by atoms with Crippen LogP contribution < -0.4 is 15.4 Å². The Hall–Kier alpha value is -1.55. The number of amides is 1. The molecule has 1 aromatic rings. The van der Waals surface area contributed by atoms with E-state index in [1.54, 1.807) is 0 Å². The van der Waals surface area contributed by atoms with E-state index in [1.165, 1.54) is 12.8 Å². The molecule has 1 atom stereocenters. The topological polar surface area (TPSA) is 50.4 Å². The van der Waals surface area contributed by atoms with Crippen LogP contribution in [-0.2, 0) is 11.3 Å². The highest BCUT2D eigenvalue weighted by molar-refractivity contribution is 5.76. The van der Waals surface area contributed by atoms with Gasteiger partial charge in [0.2, 0.25) is 5.91 Å². The van der Waals surface area contributed by atoms with E-state index in [0.717, 1.165) is 24.4 Å². The van der Waals surface area contributed by atoms with Gasteiger partial charge in [-0.2, -0.15) is 0 Å². The van der Waals surface area contributed by atoms with Crippen LogP contribution in [0.15, 0.2) is 24.3 Å². The zero-order chi connectivity index (χ0) is 16.7. The maximum Gasteiger partial charge on any atom is 0.220 e. The fourth-order valence-electron chi connectivity index (χ4n) is 3.16. The van der Waals surface area contributed by atoms with E-state index in [1.807, 2.05) is 38.1 Å². The largest absolute Gasteiger partial charge is 0.491 e. The normalized spacial score (nSPS) is 17.0. The molecule has 1 saturated heterocycles. The summed E-state index contributed by atoms with van der Waals surface area (Å²) in [5.41, 5.74) is 1.03. The quantitative estimate of drug-likeness (QED) is 0.812. The lowest BCUT2D eigenvalue weighted by Gasteiger charge is -2.27. The van der Waals surface area contributed by atoms with Gasteiger partial charge in [-0.1, -0.05) is 25.1 Å². The van der Waals surface area contributed by atoms with E-state index in [-0.39, 0.29) is 12.0 Å². The minimum atomic E-state index is 0.131. The first-order valence-corrected chi connectivity index (χ1v) is 8.78. The lowest BCUT2D eigenvalue weighted by atomic mass is 9.84. The second-order valence-electron chi connectivity index (χ2n) is 6.82. The Bertz CT molecular complexity index is 496. The fourth-order valence-corrected chi connectivity index (χ4v) is 3.16. The Kier molecular flexibility index (Phi) is 6.90. The van der Waals surface area contributed by atoms with Crippen LogP contribution >= 0.6 is 0 Å². The highest BCUT2D eigenvalue weighted by Gasteiger charge is 2.22. The molecule has 0 saturated carbocycles. The molecule has 1 heterocycles. The van der Waals surface area contributed by atoms with Crippen LogP contribution in [-0.4, -0.2) is 25.1 Å². The number of nitrogens with one attached hydrogen (secondary N) is 2. The van der Waals surface area contributed by atoms with Crippen LogP contribution in [0.2, 0.25) is 0 Å². The third kappa shape index (κ3) is 5.87. The molecular weight excluding hydrogens is 288 g/mol. The van der Waals surface area contributed by atoms with Gasteiger partial charge in [0.25, 0.3) is 0 Å². The number of carbonyl (C=O) groups is 1. The zero-order valence-electron chi connectivity index (χ0n) is 14.6. The fraction of sp³-hybridized carbons (Fsp3) is 0.632. The van der Waals surface area contributed by atoms with Crippen molar-refractivity contribution >= 4 is 5.91 Å². The molecule has 1 amide bonds. The molecular formula is C19H30N2O2. The van der Waals surface area contributed by atoms with E-state index >= 15 is 0 Å². The van der Waals surface area contributed by atoms with Crippen LogP contribution in [0.5, 0.6) is 5.75 Å². The van der Waals surface area contributed by atoms with Gasteiger partial charge in [0, 0.05) is 18.5 Å². The van der Waals surface area contributed by atoms with Gasteiger partial charge in [-0.05, 0) is 57.7 Å².